The molecule has 3 rings (SSSR count). The third-order valence-electron chi connectivity index (χ3n) is 5.29. The van der Waals surface area contributed by atoms with E-state index in [9.17, 15) is 0 Å². The molecule has 1 fully saturated rings. The van der Waals surface area contributed by atoms with Crippen LogP contribution in [0.5, 0.6) is 11.6 Å². The predicted octanol–water partition coefficient (Wildman–Crippen LogP) is 4.71. The predicted molar refractivity (Wildman–Crippen MR) is 109 cm³/mol. The average molecular weight is 369 g/mol. The summed E-state index contributed by atoms with van der Waals surface area (Å²) in [7, 11) is 1.64. The number of aryl methyl sites for hydroxylation is 1. The van der Waals surface area contributed by atoms with Gasteiger partial charge in [-0.25, -0.2) is 4.98 Å². The van der Waals surface area contributed by atoms with Crippen molar-refractivity contribution in [3.05, 3.63) is 53.7 Å². The summed E-state index contributed by atoms with van der Waals surface area (Å²) in [4.78, 5) is 7.02. The highest BCUT2D eigenvalue weighted by Crippen LogP contribution is 2.30. The van der Waals surface area contributed by atoms with Gasteiger partial charge in [0.25, 0.3) is 0 Å². The third kappa shape index (κ3) is 5.46. The van der Waals surface area contributed by atoms with E-state index in [-0.39, 0.29) is 6.10 Å². The normalized spacial score (nSPS) is 18.6. The molecule has 1 aliphatic heterocycles. The van der Waals surface area contributed by atoms with Crippen molar-refractivity contribution in [2.24, 2.45) is 11.8 Å². The zero-order chi connectivity index (χ0) is 19.2. The Morgan fingerprint density at radius 3 is 2.59 bits per heavy atom. The van der Waals surface area contributed by atoms with Crippen molar-refractivity contribution >= 4 is 0 Å². The van der Waals surface area contributed by atoms with Gasteiger partial charge in [-0.05, 0) is 43.9 Å². The van der Waals surface area contributed by atoms with E-state index in [0.29, 0.717) is 17.7 Å². The van der Waals surface area contributed by atoms with Crippen molar-refractivity contribution < 1.29 is 9.47 Å². The summed E-state index contributed by atoms with van der Waals surface area (Å²) in [6.07, 6.45) is 2.47. The number of pyridine rings is 1. The van der Waals surface area contributed by atoms with Gasteiger partial charge in [-0.3, -0.25) is 4.90 Å². The quantitative estimate of drug-likeness (QED) is 0.676. The number of benzene rings is 1. The minimum atomic E-state index is 0.222. The van der Waals surface area contributed by atoms with E-state index in [2.05, 4.69) is 54.1 Å². The van der Waals surface area contributed by atoms with Crippen LogP contribution in [0.25, 0.3) is 0 Å². The molecule has 2 atom stereocenters. The second kappa shape index (κ2) is 9.23. The van der Waals surface area contributed by atoms with Gasteiger partial charge in [0.15, 0.2) is 0 Å². The highest BCUT2D eigenvalue weighted by atomic mass is 16.5. The van der Waals surface area contributed by atoms with Gasteiger partial charge < -0.3 is 9.47 Å². The fourth-order valence-corrected chi connectivity index (χ4v) is 3.88. The molecule has 1 aromatic carbocycles. The first-order chi connectivity index (χ1) is 13.0. The van der Waals surface area contributed by atoms with E-state index < -0.39 is 0 Å². The van der Waals surface area contributed by atoms with E-state index in [4.69, 9.17) is 9.47 Å². The van der Waals surface area contributed by atoms with Crippen molar-refractivity contribution in [3.63, 3.8) is 0 Å². The number of likely N-dealkylation sites (tertiary alicyclic amines) is 1. The first kappa shape index (κ1) is 19.7. The maximum atomic E-state index is 6.49. The molecule has 1 unspecified atom stereocenters. The summed E-state index contributed by atoms with van der Waals surface area (Å²) < 4.78 is 11.7. The molecule has 1 aromatic heterocycles. The lowest BCUT2D eigenvalue weighted by Crippen LogP contribution is -2.31. The van der Waals surface area contributed by atoms with Crippen molar-refractivity contribution in [1.29, 1.82) is 0 Å². The Bertz CT molecular complexity index is 718. The Labute approximate surface area is 163 Å². The highest BCUT2D eigenvalue weighted by molar-refractivity contribution is 5.31. The SMILES string of the molecule is COc1ccc(O[C@@H](CC(C)C)C2CCN(Cc3ccccc3)C2)c(C)n1. The van der Waals surface area contributed by atoms with Crippen LogP contribution in [0.4, 0.5) is 0 Å². The van der Waals surface area contributed by atoms with Crippen LogP contribution in [-0.4, -0.2) is 36.2 Å². The highest BCUT2D eigenvalue weighted by Gasteiger charge is 2.31. The number of hydrogen-bond donors (Lipinski definition) is 0. The fourth-order valence-electron chi connectivity index (χ4n) is 3.88. The Morgan fingerprint density at radius 2 is 1.93 bits per heavy atom. The van der Waals surface area contributed by atoms with Gasteiger partial charge in [-0.2, -0.15) is 0 Å². The van der Waals surface area contributed by atoms with E-state index >= 15 is 0 Å². The zero-order valence-corrected chi connectivity index (χ0v) is 17.0. The molecule has 146 valence electrons. The van der Waals surface area contributed by atoms with Crippen molar-refractivity contribution in [3.8, 4) is 11.6 Å². The van der Waals surface area contributed by atoms with Gasteiger partial charge in [0.05, 0.1) is 12.8 Å². The van der Waals surface area contributed by atoms with Crippen LogP contribution < -0.4 is 9.47 Å². The molecule has 4 heteroatoms. The van der Waals surface area contributed by atoms with Gasteiger partial charge in [-0.1, -0.05) is 44.2 Å². The Balaban J connectivity index is 1.66. The smallest absolute Gasteiger partial charge is 0.213 e. The molecular formula is C23H32N2O2. The molecule has 0 bridgehead atoms. The topological polar surface area (TPSA) is 34.6 Å². The molecule has 2 aromatic rings. The monoisotopic (exact) mass is 368 g/mol. The van der Waals surface area contributed by atoms with Crippen molar-refractivity contribution in [1.82, 2.24) is 9.88 Å². The van der Waals surface area contributed by atoms with Crippen LogP contribution in [-0.2, 0) is 6.54 Å². The molecule has 0 spiro atoms. The number of hydrogen-bond acceptors (Lipinski definition) is 4. The first-order valence-corrected chi connectivity index (χ1v) is 9.99. The summed E-state index contributed by atoms with van der Waals surface area (Å²) >= 11 is 0. The van der Waals surface area contributed by atoms with Crippen LogP contribution in [0.15, 0.2) is 42.5 Å². The maximum Gasteiger partial charge on any atom is 0.213 e. The van der Waals surface area contributed by atoms with Crippen molar-refractivity contribution in [2.45, 2.75) is 46.3 Å². The van der Waals surface area contributed by atoms with E-state index in [1.807, 2.05) is 19.1 Å². The number of rotatable bonds is 8. The first-order valence-electron chi connectivity index (χ1n) is 9.99. The molecule has 0 aliphatic carbocycles. The zero-order valence-electron chi connectivity index (χ0n) is 17.0. The summed E-state index contributed by atoms with van der Waals surface area (Å²) in [5, 5.41) is 0. The Morgan fingerprint density at radius 1 is 1.15 bits per heavy atom. The lowest BCUT2D eigenvalue weighted by molar-refractivity contribution is 0.111. The lowest BCUT2D eigenvalue weighted by atomic mass is 9.93. The molecule has 0 N–H and O–H groups in total. The molecular weight excluding hydrogens is 336 g/mol. The maximum absolute atomic E-state index is 6.49. The van der Waals surface area contributed by atoms with Crippen LogP contribution in [0.1, 0.15) is 37.9 Å². The van der Waals surface area contributed by atoms with Gasteiger partial charge in [-0.15, -0.1) is 0 Å². The Kier molecular flexibility index (Phi) is 6.73. The molecule has 1 saturated heterocycles. The second-order valence-corrected chi connectivity index (χ2v) is 7.99. The van der Waals surface area contributed by atoms with E-state index in [0.717, 1.165) is 37.5 Å². The largest absolute Gasteiger partial charge is 0.488 e. The van der Waals surface area contributed by atoms with Crippen LogP contribution >= 0.6 is 0 Å². The summed E-state index contributed by atoms with van der Waals surface area (Å²) in [6, 6.07) is 14.6. The Hall–Kier alpha value is -2.07. The molecule has 27 heavy (non-hydrogen) atoms. The number of nitrogens with zero attached hydrogens (tertiary/aromatic N) is 2. The molecule has 1 aliphatic rings. The summed E-state index contributed by atoms with van der Waals surface area (Å²) in [5.74, 6) is 2.67. The number of ether oxygens (including phenoxy) is 2. The minimum absolute atomic E-state index is 0.222. The molecule has 0 radical (unpaired) electrons. The van der Waals surface area contributed by atoms with Gasteiger partial charge >= 0.3 is 0 Å². The molecule has 0 amide bonds. The van der Waals surface area contributed by atoms with Crippen LogP contribution in [0.2, 0.25) is 0 Å². The molecule has 4 nitrogen and oxygen atoms in total. The minimum Gasteiger partial charge on any atom is -0.488 e. The third-order valence-corrected chi connectivity index (χ3v) is 5.29. The van der Waals surface area contributed by atoms with E-state index in [1.54, 1.807) is 7.11 Å². The lowest BCUT2D eigenvalue weighted by Gasteiger charge is -2.27. The van der Waals surface area contributed by atoms with Gasteiger partial charge in [0, 0.05) is 25.1 Å². The molecule has 0 saturated carbocycles. The van der Waals surface area contributed by atoms with Gasteiger partial charge in [0.1, 0.15) is 11.9 Å². The van der Waals surface area contributed by atoms with Gasteiger partial charge in [0.2, 0.25) is 5.88 Å². The second-order valence-electron chi connectivity index (χ2n) is 7.99. The summed E-state index contributed by atoms with van der Waals surface area (Å²) in [6.45, 7) is 9.78. The average Bonchev–Trinajstić information content (AvgIpc) is 3.11. The van der Waals surface area contributed by atoms with Crippen molar-refractivity contribution in [2.75, 3.05) is 20.2 Å². The number of methoxy groups -OCH3 is 1. The number of aromatic nitrogens is 1. The summed E-state index contributed by atoms with van der Waals surface area (Å²) in [5.41, 5.74) is 2.27. The van der Waals surface area contributed by atoms with Crippen LogP contribution in [0, 0.1) is 18.8 Å². The van der Waals surface area contributed by atoms with Crippen LogP contribution in [0.3, 0.4) is 0 Å². The fraction of sp³-hybridized carbons (Fsp3) is 0.522. The molecule has 2 heterocycles. The van der Waals surface area contributed by atoms with E-state index in [1.165, 1.54) is 12.0 Å². The standard InChI is InChI=1S/C23H32N2O2/c1-17(2)14-22(27-21-10-11-23(26-4)24-18(21)3)20-12-13-25(16-20)15-19-8-6-5-7-9-19/h5-11,17,20,22H,12-16H2,1-4H3/t20?,22-/m0/s1.